The lowest BCUT2D eigenvalue weighted by Crippen LogP contribution is -2.02. The second-order valence-electron chi connectivity index (χ2n) is 10.3. The first kappa shape index (κ1) is 24.1. The smallest absolute Gasteiger partial charge is 0.00638 e. The molecule has 0 bridgehead atoms. The van der Waals surface area contributed by atoms with Crippen molar-refractivity contribution in [1.82, 2.24) is 0 Å². The zero-order chi connectivity index (χ0) is 22.9. The molecule has 3 aromatic carbocycles. The molecule has 0 saturated carbocycles. The van der Waals surface area contributed by atoms with Gasteiger partial charge >= 0.3 is 0 Å². The van der Waals surface area contributed by atoms with Gasteiger partial charge in [-0.3, -0.25) is 0 Å². The summed E-state index contributed by atoms with van der Waals surface area (Å²) in [6, 6.07) is 18.3. The first-order valence-corrected chi connectivity index (χ1v) is 14.0. The molecule has 1 aliphatic rings. The van der Waals surface area contributed by atoms with Crippen LogP contribution in [-0.2, 0) is 0 Å². The molecule has 1 unspecified atom stereocenters. The van der Waals surface area contributed by atoms with E-state index in [1.54, 1.807) is 11.1 Å². The van der Waals surface area contributed by atoms with Gasteiger partial charge in [-0.15, -0.1) is 0 Å². The Morgan fingerprint density at radius 3 is 1.73 bits per heavy atom. The minimum Gasteiger partial charge on any atom is -0.0654 e. The van der Waals surface area contributed by atoms with Crippen molar-refractivity contribution in [1.29, 1.82) is 0 Å². The lowest BCUT2D eigenvalue weighted by Gasteiger charge is -2.20. The summed E-state index contributed by atoms with van der Waals surface area (Å²) in [5.74, 6) is 0.622. The third-order valence-corrected chi connectivity index (χ3v) is 7.81. The molecule has 0 spiro atoms. The van der Waals surface area contributed by atoms with Crippen LogP contribution in [0.3, 0.4) is 0 Å². The largest absolute Gasteiger partial charge is 0.0654 e. The maximum atomic E-state index is 2.61. The first-order chi connectivity index (χ1) is 16.3. The van der Waals surface area contributed by atoms with Gasteiger partial charge in [0, 0.05) is 5.92 Å². The Kier molecular flexibility index (Phi) is 9.04. The highest BCUT2D eigenvalue weighted by Crippen LogP contribution is 2.48. The fraction of sp³-hybridized carbons (Fsp3) is 0.515. The molecular weight excluding hydrogens is 396 g/mol. The van der Waals surface area contributed by atoms with E-state index in [1.807, 2.05) is 0 Å². The number of hydrogen-bond donors (Lipinski definition) is 0. The first-order valence-electron chi connectivity index (χ1n) is 14.0. The van der Waals surface area contributed by atoms with Crippen LogP contribution in [0.15, 0.2) is 54.1 Å². The van der Waals surface area contributed by atoms with Crippen LogP contribution in [0.25, 0.3) is 27.6 Å². The van der Waals surface area contributed by atoms with Gasteiger partial charge in [0.25, 0.3) is 0 Å². The van der Waals surface area contributed by atoms with Crippen LogP contribution in [0, 0.1) is 0 Å². The fourth-order valence-electron chi connectivity index (χ4n) is 6.01. The highest BCUT2D eigenvalue weighted by Gasteiger charge is 2.28. The van der Waals surface area contributed by atoms with Crippen LogP contribution in [-0.4, -0.2) is 0 Å². The lowest BCUT2D eigenvalue weighted by atomic mass is 9.84. The summed E-state index contributed by atoms with van der Waals surface area (Å²) in [6.07, 6.45) is 21.8. The van der Waals surface area contributed by atoms with E-state index in [2.05, 4.69) is 68.5 Å². The fourth-order valence-corrected chi connectivity index (χ4v) is 6.01. The van der Waals surface area contributed by atoms with Crippen molar-refractivity contribution < 1.29 is 0 Å². The maximum Gasteiger partial charge on any atom is 0.00638 e. The molecule has 3 aromatic rings. The summed E-state index contributed by atoms with van der Waals surface area (Å²) in [5.41, 5.74) is 4.88. The zero-order valence-electron chi connectivity index (χ0n) is 21.2. The van der Waals surface area contributed by atoms with Crippen LogP contribution < -0.4 is 0 Å². The maximum absolute atomic E-state index is 2.61. The Bertz CT molecular complexity index is 1050. The van der Waals surface area contributed by atoms with Crippen molar-refractivity contribution in [3.05, 3.63) is 65.2 Å². The molecular formula is C33H44. The predicted molar refractivity (Wildman–Crippen MR) is 148 cm³/mol. The average molecular weight is 441 g/mol. The Hall–Kier alpha value is -2.08. The minimum absolute atomic E-state index is 0.622. The van der Waals surface area contributed by atoms with E-state index in [0.717, 1.165) is 0 Å². The molecule has 0 aromatic heterocycles. The summed E-state index contributed by atoms with van der Waals surface area (Å²) in [7, 11) is 0. The molecule has 176 valence electrons. The molecule has 4 rings (SSSR count). The molecule has 0 N–H and O–H groups in total. The van der Waals surface area contributed by atoms with E-state index in [9.17, 15) is 0 Å². The zero-order valence-corrected chi connectivity index (χ0v) is 21.2. The van der Waals surface area contributed by atoms with Crippen molar-refractivity contribution in [2.75, 3.05) is 0 Å². The van der Waals surface area contributed by atoms with Gasteiger partial charge in [0.15, 0.2) is 0 Å². The van der Waals surface area contributed by atoms with Crippen molar-refractivity contribution in [2.24, 2.45) is 0 Å². The second-order valence-corrected chi connectivity index (χ2v) is 10.3. The number of rotatable bonds is 14. The molecule has 0 heterocycles. The number of benzene rings is 3. The Morgan fingerprint density at radius 2 is 1.06 bits per heavy atom. The van der Waals surface area contributed by atoms with Gasteiger partial charge in [-0.05, 0) is 51.9 Å². The van der Waals surface area contributed by atoms with Gasteiger partial charge < -0.3 is 0 Å². The van der Waals surface area contributed by atoms with Crippen molar-refractivity contribution >= 4 is 27.6 Å². The van der Waals surface area contributed by atoms with Gasteiger partial charge in [0.2, 0.25) is 0 Å². The Labute approximate surface area is 202 Å². The van der Waals surface area contributed by atoms with Crippen molar-refractivity contribution in [3.8, 4) is 0 Å². The van der Waals surface area contributed by atoms with E-state index in [4.69, 9.17) is 0 Å². The van der Waals surface area contributed by atoms with Gasteiger partial charge in [-0.2, -0.15) is 0 Å². The van der Waals surface area contributed by atoms with E-state index in [1.165, 1.54) is 117 Å². The topological polar surface area (TPSA) is 0 Å². The van der Waals surface area contributed by atoms with Crippen molar-refractivity contribution in [2.45, 2.75) is 110 Å². The molecule has 0 radical (unpaired) electrons. The van der Waals surface area contributed by atoms with Crippen molar-refractivity contribution in [3.63, 3.8) is 0 Å². The number of fused-ring (bicyclic) bond motifs is 6. The standard InChI is InChI=1S/C33H44/c1-3-5-7-9-11-13-19-26-25-32-30-23-16-15-21-28(30)29-22-17-18-24-31(29)33(32)27(26)20-14-12-10-8-6-4-2/h15-18,21-25,27H,3-14,19-20H2,1-2H3. The van der Waals surface area contributed by atoms with Gasteiger partial charge in [0.05, 0.1) is 0 Å². The quantitative estimate of drug-likeness (QED) is 0.173. The number of allylic oxidation sites excluding steroid dienone is 1. The molecule has 0 fully saturated rings. The van der Waals surface area contributed by atoms with Gasteiger partial charge in [0.1, 0.15) is 0 Å². The SMILES string of the molecule is CCCCCCCCC1=Cc2c(c3ccccc3c3ccccc23)C1CCCCCCCC. The predicted octanol–water partition coefficient (Wildman–Crippen LogP) is 11.0. The molecule has 1 aliphatic carbocycles. The number of unbranched alkanes of at least 4 members (excludes halogenated alkanes) is 10. The van der Waals surface area contributed by atoms with Gasteiger partial charge in [-0.25, -0.2) is 0 Å². The Morgan fingerprint density at radius 1 is 0.545 bits per heavy atom. The highest BCUT2D eigenvalue weighted by molar-refractivity contribution is 6.14. The average Bonchev–Trinajstić information content (AvgIpc) is 3.22. The normalized spacial score (nSPS) is 15.3. The summed E-state index contributed by atoms with van der Waals surface area (Å²) in [5, 5.41) is 5.81. The van der Waals surface area contributed by atoms with Crippen LogP contribution in [0.1, 0.15) is 121 Å². The van der Waals surface area contributed by atoms with E-state index in [-0.39, 0.29) is 0 Å². The van der Waals surface area contributed by atoms with E-state index < -0.39 is 0 Å². The molecule has 33 heavy (non-hydrogen) atoms. The van der Waals surface area contributed by atoms with Crippen LogP contribution in [0.4, 0.5) is 0 Å². The van der Waals surface area contributed by atoms with E-state index in [0.29, 0.717) is 5.92 Å². The van der Waals surface area contributed by atoms with Crippen LogP contribution in [0.5, 0.6) is 0 Å². The highest BCUT2D eigenvalue weighted by atomic mass is 14.3. The molecule has 0 heteroatoms. The number of hydrogen-bond acceptors (Lipinski definition) is 0. The molecule has 1 atom stereocenters. The second kappa shape index (κ2) is 12.4. The summed E-state index contributed by atoms with van der Waals surface area (Å²) in [4.78, 5) is 0. The Balaban J connectivity index is 1.59. The summed E-state index contributed by atoms with van der Waals surface area (Å²) < 4.78 is 0. The summed E-state index contributed by atoms with van der Waals surface area (Å²) in [6.45, 7) is 4.62. The van der Waals surface area contributed by atoms with E-state index >= 15 is 0 Å². The lowest BCUT2D eigenvalue weighted by molar-refractivity contribution is 0.554. The molecule has 0 saturated heterocycles. The van der Waals surface area contributed by atoms with Crippen LogP contribution in [0.2, 0.25) is 0 Å². The third kappa shape index (κ3) is 5.71. The molecule has 0 nitrogen and oxygen atoms in total. The molecule has 0 amide bonds. The third-order valence-electron chi connectivity index (χ3n) is 7.81. The summed E-state index contributed by atoms with van der Waals surface area (Å²) >= 11 is 0. The minimum atomic E-state index is 0.622. The van der Waals surface area contributed by atoms with Gasteiger partial charge in [-0.1, -0.05) is 145 Å². The molecule has 0 aliphatic heterocycles. The van der Waals surface area contributed by atoms with Crippen LogP contribution >= 0.6 is 0 Å². The monoisotopic (exact) mass is 440 g/mol.